The van der Waals surface area contributed by atoms with E-state index in [1.807, 2.05) is 12.1 Å². The molecule has 126 valence electrons. The number of phenolic OH excluding ortho intramolecular Hbond substituents is 1. The summed E-state index contributed by atoms with van der Waals surface area (Å²) in [6, 6.07) is 9.37. The van der Waals surface area contributed by atoms with E-state index in [4.69, 9.17) is 0 Å². The lowest BCUT2D eigenvalue weighted by atomic mass is 9.78. The summed E-state index contributed by atoms with van der Waals surface area (Å²) < 4.78 is 0. The van der Waals surface area contributed by atoms with E-state index >= 15 is 0 Å². The minimum atomic E-state index is 0.399. The Morgan fingerprint density at radius 3 is 2.65 bits per heavy atom. The minimum Gasteiger partial charge on any atom is -0.508 e. The van der Waals surface area contributed by atoms with Crippen LogP contribution in [0.15, 0.2) is 24.3 Å². The zero-order chi connectivity index (χ0) is 15.6. The molecule has 2 aliphatic heterocycles. The summed E-state index contributed by atoms with van der Waals surface area (Å²) in [7, 11) is 0. The fraction of sp³-hybridized carbons (Fsp3) is 0.700. The normalized spacial score (nSPS) is 30.4. The van der Waals surface area contributed by atoms with Gasteiger partial charge in [-0.1, -0.05) is 31.4 Å². The first-order valence-electron chi connectivity index (χ1n) is 9.57. The van der Waals surface area contributed by atoms with Crippen molar-refractivity contribution in [1.29, 1.82) is 0 Å². The Labute approximate surface area is 140 Å². The van der Waals surface area contributed by atoms with E-state index in [9.17, 15) is 5.11 Å². The number of rotatable bonds is 3. The molecule has 2 saturated heterocycles. The molecule has 0 amide bonds. The first-order valence-corrected chi connectivity index (χ1v) is 9.57. The largest absolute Gasteiger partial charge is 0.508 e. The fourth-order valence-corrected chi connectivity index (χ4v) is 5.33. The molecule has 2 heterocycles. The molecule has 1 aliphatic carbocycles. The monoisotopic (exact) mass is 314 g/mol. The number of phenols is 1. The molecule has 1 aromatic carbocycles. The van der Waals surface area contributed by atoms with Gasteiger partial charge in [-0.2, -0.15) is 0 Å². The third kappa shape index (κ3) is 3.27. The molecule has 1 saturated carbocycles. The second-order valence-electron chi connectivity index (χ2n) is 7.77. The van der Waals surface area contributed by atoms with Gasteiger partial charge in [0.15, 0.2) is 0 Å². The molecule has 1 aromatic rings. The third-order valence-electron chi connectivity index (χ3n) is 6.33. The van der Waals surface area contributed by atoms with Crippen LogP contribution >= 0.6 is 0 Å². The molecule has 4 rings (SSSR count). The van der Waals surface area contributed by atoms with E-state index < -0.39 is 0 Å². The summed E-state index contributed by atoms with van der Waals surface area (Å²) in [5.74, 6) is 1.28. The van der Waals surface area contributed by atoms with Crippen LogP contribution in [0.2, 0.25) is 0 Å². The van der Waals surface area contributed by atoms with E-state index in [1.54, 1.807) is 6.07 Å². The highest BCUT2D eigenvalue weighted by Crippen LogP contribution is 2.38. The average molecular weight is 314 g/mol. The molecule has 0 radical (unpaired) electrons. The van der Waals surface area contributed by atoms with E-state index in [-0.39, 0.29) is 0 Å². The van der Waals surface area contributed by atoms with Gasteiger partial charge in [0.05, 0.1) is 0 Å². The standard InChI is InChI=1S/C20H30N2O/c23-18-9-4-6-16(14-18)15-22-13-12-21-11-5-10-19(21)20(22)17-7-2-1-3-8-17/h4,6,9,14,17,19-20,23H,1-3,5,7-8,10-13,15H2. The van der Waals surface area contributed by atoms with Gasteiger partial charge in [-0.3, -0.25) is 9.80 Å². The lowest BCUT2D eigenvalue weighted by molar-refractivity contribution is -0.00382. The van der Waals surface area contributed by atoms with Gasteiger partial charge in [0.25, 0.3) is 0 Å². The second-order valence-corrected chi connectivity index (χ2v) is 7.77. The molecular weight excluding hydrogens is 284 g/mol. The second kappa shape index (κ2) is 6.82. The lowest BCUT2D eigenvalue weighted by Crippen LogP contribution is -2.59. The van der Waals surface area contributed by atoms with E-state index in [2.05, 4.69) is 15.9 Å². The van der Waals surface area contributed by atoms with Crippen molar-refractivity contribution in [3.05, 3.63) is 29.8 Å². The average Bonchev–Trinajstić information content (AvgIpc) is 3.04. The van der Waals surface area contributed by atoms with E-state index in [0.29, 0.717) is 5.75 Å². The van der Waals surface area contributed by atoms with Gasteiger partial charge < -0.3 is 5.11 Å². The van der Waals surface area contributed by atoms with Gasteiger partial charge in [-0.05, 0) is 55.8 Å². The van der Waals surface area contributed by atoms with Crippen LogP contribution < -0.4 is 0 Å². The van der Waals surface area contributed by atoms with Crippen molar-refractivity contribution in [1.82, 2.24) is 9.80 Å². The molecular formula is C20H30N2O. The Hall–Kier alpha value is -1.06. The van der Waals surface area contributed by atoms with Crippen LogP contribution in [0.4, 0.5) is 0 Å². The number of hydrogen-bond acceptors (Lipinski definition) is 3. The van der Waals surface area contributed by atoms with Gasteiger partial charge in [0.1, 0.15) is 5.75 Å². The SMILES string of the molecule is Oc1cccc(CN2CCN3CCCC3C2C2CCCCC2)c1. The fourth-order valence-electron chi connectivity index (χ4n) is 5.33. The maximum absolute atomic E-state index is 9.78. The summed E-state index contributed by atoms with van der Waals surface area (Å²) in [4.78, 5) is 5.51. The van der Waals surface area contributed by atoms with Gasteiger partial charge in [0.2, 0.25) is 0 Å². The molecule has 2 unspecified atom stereocenters. The van der Waals surface area contributed by atoms with Crippen LogP contribution in [0.3, 0.4) is 0 Å². The number of aromatic hydroxyl groups is 1. The van der Waals surface area contributed by atoms with Crippen molar-refractivity contribution >= 4 is 0 Å². The van der Waals surface area contributed by atoms with Gasteiger partial charge in [-0.15, -0.1) is 0 Å². The molecule has 0 aromatic heterocycles. The maximum atomic E-state index is 9.78. The molecule has 3 aliphatic rings. The number of nitrogens with zero attached hydrogens (tertiary/aromatic N) is 2. The van der Waals surface area contributed by atoms with Crippen LogP contribution in [-0.2, 0) is 6.54 Å². The first-order chi connectivity index (χ1) is 11.3. The summed E-state index contributed by atoms with van der Waals surface area (Å²) >= 11 is 0. The quantitative estimate of drug-likeness (QED) is 0.923. The number of hydrogen-bond donors (Lipinski definition) is 1. The van der Waals surface area contributed by atoms with Crippen molar-refractivity contribution in [3.8, 4) is 5.75 Å². The van der Waals surface area contributed by atoms with Crippen molar-refractivity contribution in [3.63, 3.8) is 0 Å². The lowest BCUT2D eigenvalue weighted by Gasteiger charge is -2.49. The highest BCUT2D eigenvalue weighted by Gasteiger charge is 2.42. The van der Waals surface area contributed by atoms with Gasteiger partial charge in [0, 0.05) is 31.7 Å². The summed E-state index contributed by atoms with van der Waals surface area (Å²) in [6.45, 7) is 4.73. The predicted molar refractivity (Wildman–Crippen MR) is 93.5 cm³/mol. The highest BCUT2D eigenvalue weighted by atomic mass is 16.3. The molecule has 3 fully saturated rings. The third-order valence-corrected chi connectivity index (χ3v) is 6.33. The van der Waals surface area contributed by atoms with Gasteiger partial charge >= 0.3 is 0 Å². The maximum Gasteiger partial charge on any atom is 0.115 e. The Bertz CT molecular complexity index is 526. The Balaban J connectivity index is 1.55. The van der Waals surface area contributed by atoms with Crippen molar-refractivity contribution in [2.75, 3.05) is 19.6 Å². The van der Waals surface area contributed by atoms with Crippen LogP contribution in [0.5, 0.6) is 5.75 Å². The molecule has 23 heavy (non-hydrogen) atoms. The summed E-state index contributed by atoms with van der Waals surface area (Å²) in [6.07, 6.45) is 9.90. The number of fused-ring (bicyclic) bond motifs is 1. The van der Waals surface area contributed by atoms with Gasteiger partial charge in [-0.25, -0.2) is 0 Å². The molecule has 1 N–H and O–H groups in total. The zero-order valence-corrected chi connectivity index (χ0v) is 14.2. The molecule has 3 heteroatoms. The Morgan fingerprint density at radius 1 is 0.957 bits per heavy atom. The molecule has 2 atom stereocenters. The van der Waals surface area contributed by atoms with E-state index in [0.717, 1.165) is 24.5 Å². The topological polar surface area (TPSA) is 26.7 Å². The number of piperazine rings is 1. The van der Waals surface area contributed by atoms with Crippen molar-refractivity contribution < 1.29 is 5.11 Å². The molecule has 0 spiro atoms. The van der Waals surface area contributed by atoms with E-state index in [1.165, 1.54) is 70.1 Å². The number of benzene rings is 1. The Morgan fingerprint density at radius 2 is 1.83 bits per heavy atom. The van der Waals surface area contributed by atoms with Crippen LogP contribution in [0.25, 0.3) is 0 Å². The minimum absolute atomic E-state index is 0.399. The Kier molecular flexibility index (Phi) is 4.59. The zero-order valence-electron chi connectivity index (χ0n) is 14.2. The molecule has 0 bridgehead atoms. The summed E-state index contributed by atoms with van der Waals surface area (Å²) in [5, 5.41) is 9.78. The highest BCUT2D eigenvalue weighted by molar-refractivity contribution is 5.27. The first kappa shape index (κ1) is 15.5. The smallest absolute Gasteiger partial charge is 0.115 e. The summed E-state index contributed by atoms with van der Waals surface area (Å²) in [5.41, 5.74) is 1.26. The van der Waals surface area contributed by atoms with Crippen LogP contribution in [0, 0.1) is 5.92 Å². The predicted octanol–water partition coefficient (Wildman–Crippen LogP) is 3.62. The van der Waals surface area contributed by atoms with Crippen molar-refractivity contribution in [2.45, 2.75) is 63.6 Å². The van der Waals surface area contributed by atoms with Crippen molar-refractivity contribution in [2.24, 2.45) is 5.92 Å². The molecule has 3 nitrogen and oxygen atoms in total. The van der Waals surface area contributed by atoms with Crippen LogP contribution in [0.1, 0.15) is 50.5 Å². The van der Waals surface area contributed by atoms with Crippen LogP contribution in [-0.4, -0.2) is 46.6 Å².